The van der Waals surface area contributed by atoms with E-state index in [9.17, 15) is 19.4 Å². The first-order valence-corrected chi connectivity index (χ1v) is 12.2. The molecule has 2 aromatic heterocycles. The first-order chi connectivity index (χ1) is 16.8. The van der Waals surface area contributed by atoms with Crippen LogP contribution in [0.1, 0.15) is 18.2 Å². The lowest BCUT2D eigenvalue weighted by Gasteiger charge is -2.16. The summed E-state index contributed by atoms with van der Waals surface area (Å²) in [7, 11) is 0. The van der Waals surface area contributed by atoms with Gasteiger partial charge in [0.1, 0.15) is 30.4 Å². The molecule has 0 saturated carbocycles. The van der Waals surface area contributed by atoms with Crippen LogP contribution in [0.15, 0.2) is 36.9 Å². The number of anilines is 1. The second-order valence-electron chi connectivity index (χ2n) is 8.20. The van der Waals surface area contributed by atoms with E-state index in [0.717, 1.165) is 5.56 Å². The number of aliphatic hydroxyl groups is 2. The average Bonchev–Trinajstić information content (AvgIpc) is 3.39. The number of halogens is 1. The van der Waals surface area contributed by atoms with Gasteiger partial charge >= 0.3 is 5.97 Å². The molecule has 13 heteroatoms. The number of hydrogen-bond donors (Lipinski definition) is 5. The molecule has 1 unspecified atom stereocenters. The summed E-state index contributed by atoms with van der Waals surface area (Å²) in [6.07, 6.45) is -0.103. The van der Waals surface area contributed by atoms with E-state index in [1.807, 2.05) is 0 Å². The highest BCUT2D eigenvalue weighted by Gasteiger charge is 2.44. The molecule has 3 heterocycles. The van der Waals surface area contributed by atoms with Crippen LogP contribution in [-0.2, 0) is 16.0 Å². The Balaban J connectivity index is 1.38. The second kappa shape index (κ2) is 11.3. The van der Waals surface area contributed by atoms with E-state index in [1.54, 1.807) is 16.7 Å². The number of fused-ring (bicyclic) bond motifs is 1. The molecule has 6 N–H and O–H groups in total. The average molecular weight is 507 g/mol. The van der Waals surface area contributed by atoms with Crippen molar-refractivity contribution in [3.8, 4) is 0 Å². The number of benzene rings is 1. The lowest BCUT2D eigenvalue weighted by atomic mass is 10.1. The van der Waals surface area contributed by atoms with Gasteiger partial charge < -0.3 is 31.1 Å². The molecule has 1 saturated heterocycles. The summed E-state index contributed by atoms with van der Waals surface area (Å²) in [6.45, 7) is 0.538. The number of nitrogens with two attached hydrogens (primary N) is 1. The number of carboxylic acid groups (broad SMARTS) is 1. The van der Waals surface area contributed by atoms with Crippen molar-refractivity contribution in [2.24, 2.45) is 5.73 Å². The van der Waals surface area contributed by atoms with Crippen LogP contribution >= 0.6 is 11.8 Å². The molecule has 1 fully saturated rings. The van der Waals surface area contributed by atoms with Gasteiger partial charge in [-0.15, -0.1) is 0 Å². The molecule has 4 rings (SSSR count). The molecular weight excluding hydrogens is 479 g/mol. The number of hydrogen-bond acceptors (Lipinski definition) is 10. The van der Waals surface area contributed by atoms with E-state index in [4.69, 9.17) is 15.6 Å². The Morgan fingerprint density at radius 3 is 2.74 bits per heavy atom. The van der Waals surface area contributed by atoms with Crippen LogP contribution in [0, 0.1) is 5.82 Å². The smallest absolute Gasteiger partial charge is 0.320 e. The summed E-state index contributed by atoms with van der Waals surface area (Å²) >= 11 is 1.39. The van der Waals surface area contributed by atoms with Gasteiger partial charge in [-0.3, -0.25) is 9.36 Å². The number of rotatable bonds is 11. The van der Waals surface area contributed by atoms with Crippen molar-refractivity contribution in [3.05, 3.63) is 48.3 Å². The van der Waals surface area contributed by atoms with Gasteiger partial charge in [-0.05, 0) is 36.3 Å². The van der Waals surface area contributed by atoms with Crippen molar-refractivity contribution in [1.82, 2.24) is 19.5 Å². The first kappa shape index (κ1) is 25.3. The van der Waals surface area contributed by atoms with Gasteiger partial charge in [0, 0.05) is 12.3 Å². The molecule has 5 atom stereocenters. The Hall–Kier alpha value is -2.84. The number of aliphatic hydroxyl groups excluding tert-OH is 2. The minimum Gasteiger partial charge on any atom is -0.480 e. The third-order valence-electron chi connectivity index (χ3n) is 5.76. The Kier molecular flexibility index (Phi) is 8.13. The van der Waals surface area contributed by atoms with Crippen LogP contribution in [0.25, 0.3) is 11.2 Å². The molecule has 0 bridgehead atoms. The number of thioether (sulfide) groups is 1. The van der Waals surface area contributed by atoms with Crippen LogP contribution in [0.2, 0.25) is 0 Å². The van der Waals surface area contributed by atoms with Gasteiger partial charge in [0.25, 0.3) is 0 Å². The summed E-state index contributed by atoms with van der Waals surface area (Å²) in [5.74, 6) is 0.00475. The third kappa shape index (κ3) is 5.87. The van der Waals surface area contributed by atoms with Crippen molar-refractivity contribution in [3.63, 3.8) is 0 Å². The third-order valence-corrected chi connectivity index (χ3v) is 6.85. The summed E-state index contributed by atoms with van der Waals surface area (Å²) < 4.78 is 20.6. The maximum Gasteiger partial charge on any atom is 0.320 e. The molecule has 0 amide bonds. The quantitative estimate of drug-likeness (QED) is 0.233. The van der Waals surface area contributed by atoms with E-state index >= 15 is 0 Å². The predicted octanol–water partition coefficient (Wildman–Crippen LogP) is 0.774. The van der Waals surface area contributed by atoms with Crippen molar-refractivity contribution < 1.29 is 29.2 Å². The van der Waals surface area contributed by atoms with Crippen molar-refractivity contribution in [1.29, 1.82) is 0 Å². The highest BCUT2D eigenvalue weighted by molar-refractivity contribution is 7.99. The normalized spacial score (nSPS) is 23.0. The molecule has 1 aliphatic heterocycles. The number of nitrogens with one attached hydrogen (secondary N) is 1. The molecule has 188 valence electrons. The minimum absolute atomic E-state index is 0.283. The zero-order valence-corrected chi connectivity index (χ0v) is 19.5. The molecule has 35 heavy (non-hydrogen) atoms. The van der Waals surface area contributed by atoms with Crippen LogP contribution in [0.3, 0.4) is 0 Å². The predicted molar refractivity (Wildman–Crippen MR) is 127 cm³/mol. The lowest BCUT2D eigenvalue weighted by molar-refractivity contribution is -0.138. The molecule has 1 aliphatic rings. The van der Waals surface area contributed by atoms with Gasteiger partial charge in [0.2, 0.25) is 0 Å². The van der Waals surface area contributed by atoms with Crippen molar-refractivity contribution in [2.75, 3.05) is 23.4 Å². The molecule has 0 spiro atoms. The fraction of sp³-hybridized carbons (Fsp3) is 0.455. The molecule has 0 aliphatic carbocycles. The number of aliphatic carboxylic acids is 1. The van der Waals surface area contributed by atoms with Gasteiger partial charge in [-0.1, -0.05) is 12.1 Å². The van der Waals surface area contributed by atoms with E-state index < -0.39 is 36.6 Å². The van der Waals surface area contributed by atoms with Gasteiger partial charge in [-0.2, -0.15) is 11.8 Å². The standard InChI is InChI=1S/C22H27FN6O5S/c23-13-3-1-12(2-4-13)5-7-25-19-16-20(27-10-26-19)29(11-28-16)21-18(31)17(30)15(34-21)9-35-8-6-14(24)22(32)33/h1-4,10-11,14-15,17-18,21,30-31H,5-9,24H2,(H,32,33)(H,25,26,27)/t14?,15-,17-,18-,21-/m1/s1. The van der Waals surface area contributed by atoms with E-state index in [-0.39, 0.29) is 12.2 Å². The van der Waals surface area contributed by atoms with E-state index in [0.29, 0.717) is 41.5 Å². The molecule has 0 radical (unpaired) electrons. The summed E-state index contributed by atoms with van der Waals surface area (Å²) in [6, 6.07) is 5.34. The summed E-state index contributed by atoms with van der Waals surface area (Å²) in [5, 5.41) is 33.2. The fourth-order valence-electron chi connectivity index (χ4n) is 3.77. The number of carbonyl (C=O) groups is 1. The van der Waals surface area contributed by atoms with Crippen LogP contribution in [0.4, 0.5) is 10.2 Å². The second-order valence-corrected chi connectivity index (χ2v) is 9.35. The zero-order valence-electron chi connectivity index (χ0n) is 18.7. The lowest BCUT2D eigenvalue weighted by Crippen LogP contribution is -2.33. The molecule has 3 aromatic rings. The number of imidazole rings is 1. The molecule has 11 nitrogen and oxygen atoms in total. The topological polar surface area (TPSA) is 169 Å². The summed E-state index contributed by atoms with van der Waals surface area (Å²) in [4.78, 5) is 23.7. The van der Waals surface area contributed by atoms with Crippen molar-refractivity contribution in [2.45, 2.75) is 43.4 Å². The number of nitrogens with zero attached hydrogens (tertiary/aromatic N) is 4. The van der Waals surface area contributed by atoms with Crippen molar-refractivity contribution >= 4 is 34.7 Å². The van der Waals surface area contributed by atoms with E-state index in [1.165, 1.54) is 36.5 Å². The molecular formula is C22H27FN6O5S. The molecule has 1 aromatic carbocycles. The first-order valence-electron chi connectivity index (χ1n) is 11.1. The Morgan fingerprint density at radius 1 is 1.23 bits per heavy atom. The largest absolute Gasteiger partial charge is 0.480 e. The van der Waals surface area contributed by atoms with Crippen LogP contribution in [-0.4, -0.2) is 83.2 Å². The Labute approximate surface area is 204 Å². The number of ether oxygens (including phenoxy) is 1. The van der Waals surface area contributed by atoms with Gasteiger partial charge in [-0.25, -0.2) is 19.3 Å². The van der Waals surface area contributed by atoms with Crippen LogP contribution < -0.4 is 11.1 Å². The van der Waals surface area contributed by atoms with Gasteiger partial charge in [0.15, 0.2) is 23.2 Å². The Morgan fingerprint density at radius 2 is 2.00 bits per heavy atom. The minimum atomic E-state index is -1.20. The number of aromatic nitrogens is 4. The van der Waals surface area contributed by atoms with Gasteiger partial charge in [0.05, 0.1) is 12.4 Å². The fourth-order valence-corrected chi connectivity index (χ4v) is 4.87. The van der Waals surface area contributed by atoms with E-state index in [2.05, 4.69) is 20.3 Å². The maximum absolute atomic E-state index is 13.1. The Bertz CT molecular complexity index is 1150. The SMILES string of the molecule is NC(CCSC[C@H]1O[C@@H](n2cnc3c(NCCc4ccc(F)cc4)ncnc32)[C@H](O)[C@@H]1O)C(=O)O. The number of carboxylic acids is 1. The van der Waals surface area contributed by atoms with Crippen LogP contribution in [0.5, 0.6) is 0 Å². The zero-order chi connectivity index (χ0) is 24.9. The highest BCUT2D eigenvalue weighted by atomic mass is 32.2. The highest BCUT2D eigenvalue weighted by Crippen LogP contribution is 2.33. The maximum atomic E-state index is 13.1. The monoisotopic (exact) mass is 506 g/mol. The summed E-state index contributed by atoms with van der Waals surface area (Å²) in [5.41, 5.74) is 7.39.